The highest BCUT2D eigenvalue weighted by atomic mass is 16.5. The van der Waals surface area contributed by atoms with Crippen molar-refractivity contribution in [3.8, 4) is 0 Å². The van der Waals surface area contributed by atoms with Crippen molar-refractivity contribution in [3.63, 3.8) is 0 Å². The number of rotatable bonds is 1. The number of hydrogen-bond acceptors (Lipinski definition) is 3. The molecule has 57 valence electrons. The molecular weight excluding hydrogens is 134 g/mol. The van der Waals surface area contributed by atoms with Gasteiger partial charge in [-0.2, -0.15) is 0 Å². The maximum atomic E-state index is 10.7. The van der Waals surface area contributed by atoms with Crippen molar-refractivity contribution in [3.05, 3.63) is 0 Å². The van der Waals surface area contributed by atoms with Crippen LogP contribution in [0.5, 0.6) is 0 Å². The summed E-state index contributed by atoms with van der Waals surface area (Å²) < 4.78 is 5.04. The number of hydrazine groups is 1. The van der Waals surface area contributed by atoms with Crippen LogP contribution in [0.25, 0.3) is 0 Å². The average molecular weight is 144 g/mol. The Labute approximate surface area is 58.9 Å². The second-order valence-electron chi connectivity index (χ2n) is 2.00. The van der Waals surface area contributed by atoms with E-state index in [4.69, 9.17) is 10.6 Å². The number of carbonyl (C=O) groups is 1. The molecule has 0 aliphatic carbocycles. The molecular formula is C5H10N3O2. The molecule has 10 heavy (non-hydrogen) atoms. The van der Waals surface area contributed by atoms with E-state index in [2.05, 4.69) is 5.32 Å². The first-order valence-electron chi connectivity index (χ1n) is 3.10. The van der Waals surface area contributed by atoms with Crippen molar-refractivity contribution in [2.24, 2.45) is 5.84 Å². The van der Waals surface area contributed by atoms with Gasteiger partial charge in [0.2, 0.25) is 0 Å². The summed E-state index contributed by atoms with van der Waals surface area (Å²) in [5, 5.41) is 3.99. The third-order valence-corrected chi connectivity index (χ3v) is 1.30. The Bertz CT molecular complexity index is 122. The van der Waals surface area contributed by atoms with Crippen LogP contribution in [0, 0.1) is 0 Å². The predicted octanol–water partition coefficient (Wildman–Crippen LogP) is -2.02. The van der Waals surface area contributed by atoms with E-state index in [1.807, 2.05) is 5.43 Å². The second-order valence-corrected chi connectivity index (χ2v) is 2.00. The third-order valence-electron chi connectivity index (χ3n) is 1.30. The lowest BCUT2D eigenvalue weighted by atomic mass is 10.3. The summed E-state index contributed by atoms with van der Waals surface area (Å²) in [5.74, 6) is 4.58. The van der Waals surface area contributed by atoms with E-state index in [9.17, 15) is 4.79 Å². The van der Waals surface area contributed by atoms with Gasteiger partial charge in [-0.05, 0) is 0 Å². The molecule has 1 radical (unpaired) electrons. The Morgan fingerprint density at radius 3 is 3.10 bits per heavy atom. The van der Waals surface area contributed by atoms with Gasteiger partial charge in [0, 0.05) is 13.1 Å². The van der Waals surface area contributed by atoms with Crippen LogP contribution < -0.4 is 16.6 Å². The topological polar surface area (TPSA) is 78.5 Å². The van der Waals surface area contributed by atoms with Crippen LogP contribution in [0.4, 0.5) is 0 Å². The largest absolute Gasteiger partial charge is 0.366 e. The Hall–Kier alpha value is -0.650. The lowest BCUT2D eigenvalue weighted by Crippen LogP contribution is -2.47. The zero-order valence-electron chi connectivity index (χ0n) is 5.54. The van der Waals surface area contributed by atoms with Crippen LogP contribution in [0.2, 0.25) is 0 Å². The highest BCUT2D eigenvalue weighted by Gasteiger charge is 2.20. The molecule has 1 saturated heterocycles. The van der Waals surface area contributed by atoms with Crippen LogP contribution in [-0.2, 0) is 9.53 Å². The quantitative estimate of drug-likeness (QED) is 0.253. The fourth-order valence-electron chi connectivity index (χ4n) is 0.772. The predicted molar refractivity (Wildman–Crippen MR) is 33.9 cm³/mol. The number of nitrogens with two attached hydrogens (primary N) is 1. The number of morpholine rings is 1. The fourth-order valence-corrected chi connectivity index (χ4v) is 0.772. The number of carbonyl (C=O) groups excluding carboxylic acids is 1. The van der Waals surface area contributed by atoms with Gasteiger partial charge in [-0.25, -0.2) is 11.2 Å². The smallest absolute Gasteiger partial charge is 0.264 e. The zero-order chi connectivity index (χ0) is 7.40. The lowest BCUT2D eigenvalue weighted by Gasteiger charge is -2.20. The van der Waals surface area contributed by atoms with Gasteiger partial charge < -0.3 is 4.74 Å². The fraction of sp³-hybridized carbons (Fsp3) is 0.800. The number of nitrogens with one attached hydrogen (secondary N) is 1. The molecule has 5 heteroatoms. The molecule has 1 unspecified atom stereocenters. The Balaban J connectivity index is 2.31. The van der Waals surface area contributed by atoms with E-state index >= 15 is 0 Å². The van der Waals surface area contributed by atoms with E-state index in [0.717, 1.165) is 0 Å². The molecule has 0 saturated carbocycles. The van der Waals surface area contributed by atoms with E-state index in [1.165, 1.54) is 0 Å². The van der Waals surface area contributed by atoms with Crippen molar-refractivity contribution >= 4 is 5.91 Å². The maximum Gasteiger partial charge on any atom is 0.264 e. The minimum absolute atomic E-state index is 0.302. The first kappa shape index (κ1) is 7.46. The van der Waals surface area contributed by atoms with Crippen molar-refractivity contribution in [2.75, 3.05) is 19.7 Å². The van der Waals surface area contributed by atoms with Gasteiger partial charge in [0.25, 0.3) is 5.91 Å². The highest BCUT2D eigenvalue weighted by Crippen LogP contribution is 1.95. The van der Waals surface area contributed by atoms with Crippen LogP contribution in [0.3, 0.4) is 0 Å². The molecule has 1 amide bonds. The molecule has 1 aliphatic rings. The molecule has 0 aromatic heterocycles. The van der Waals surface area contributed by atoms with E-state index < -0.39 is 6.10 Å². The SMILES string of the molecule is NNC(=O)C1C[N]CCO1. The maximum absolute atomic E-state index is 10.7. The minimum atomic E-state index is -0.473. The zero-order valence-corrected chi connectivity index (χ0v) is 5.54. The van der Waals surface area contributed by atoms with Gasteiger partial charge in [-0.3, -0.25) is 10.2 Å². The van der Waals surface area contributed by atoms with Crippen molar-refractivity contribution in [1.82, 2.24) is 10.7 Å². The minimum Gasteiger partial charge on any atom is -0.366 e. The molecule has 0 spiro atoms. The van der Waals surface area contributed by atoms with E-state index in [0.29, 0.717) is 19.7 Å². The number of amides is 1. The normalized spacial score (nSPS) is 25.9. The molecule has 1 rings (SSSR count). The first-order valence-corrected chi connectivity index (χ1v) is 3.10. The molecule has 0 aromatic rings. The second kappa shape index (κ2) is 3.50. The molecule has 1 atom stereocenters. The summed E-state index contributed by atoms with van der Waals surface area (Å²) in [4.78, 5) is 10.7. The van der Waals surface area contributed by atoms with Crippen LogP contribution in [0.15, 0.2) is 0 Å². The average Bonchev–Trinajstić information content (AvgIpc) is 2.05. The number of hydrogen-bond donors (Lipinski definition) is 2. The van der Waals surface area contributed by atoms with Crippen LogP contribution >= 0.6 is 0 Å². The monoisotopic (exact) mass is 144 g/mol. The van der Waals surface area contributed by atoms with Gasteiger partial charge in [-0.1, -0.05) is 0 Å². The summed E-state index contributed by atoms with van der Waals surface area (Å²) >= 11 is 0. The number of nitrogens with zero attached hydrogens (tertiary/aromatic N) is 1. The van der Waals surface area contributed by atoms with Gasteiger partial charge in [0.05, 0.1) is 6.61 Å². The molecule has 3 N–H and O–H groups in total. The summed E-state index contributed by atoms with van der Waals surface area (Å²) in [6.45, 7) is 1.61. The summed E-state index contributed by atoms with van der Waals surface area (Å²) in [6.07, 6.45) is -0.473. The molecule has 1 heterocycles. The van der Waals surface area contributed by atoms with Crippen LogP contribution in [-0.4, -0.2) is 31.7 Å². The van der Waals surface area contributed by atoms with Crippen molar-refractivity contribution in [2.45, 2.75) is 6.10 Å². The Morgan fingerprint density at radius 2 is 2.60 bits per heavy atom. The van der Waals surface area contributed by atoms with E-state index in [-0.39, 0.29) is 5.91 Å². The Morgan fingerprint density at radius 1 is 1.80 bits per heavy atom. The standard InChI is InChI=1S/C5H10N3O2/c6-8-5(9)4-3-7-1-2-10-4/h4H,1-3,6H2,(H,8,9). The van der Waals surface area contributed by atoms with Crippen LogP contribution in [0.1, 0.15) is 0 Å². The molecule has 5 nitrogen and oxygen atoms in total. The Kier molecular flexibility index (Phi) is 2.61. The first-order chi connectivity index (χ1) is 4.84. The highest BCUT2D eigenvalue weighted by molar-refractivity contribution is 5.80. The van der Waals surface area contributed by atoms with Crippen molar-refractivity contribution < 1.29 is 9.53 Å². The number of ether oxygens (including phenoxy) is 1. The molecule has 1 fully saturated rings. The summed E-state index contributed by atoms with van der Waals surface area (Å²) in [5.41, 5.74) is 2.01. The van der Waals surface area contributed by atoms with Gasteiger partial charge >= 0.3 is 0 Å². The summed E-state index contributed by atoms with van der Waals surface area (Å²) in [7, 11) is 0. The lowest BCUT2D eigenvalue weighted by molar-refractivity contribution is -0.134. The van der Waals surface area contributed by atoms with Crippen molar-refractivity contribution in [1.29, 1.82) is 0 Å². The molecule has 0 bridgehead atoms. The molecule has 1 aliphatic heterocycles. The van der Waals surface area contributed by atoms with Gasteiger partial charge in [0.1, 0.15) is 0 Å². The van der Waals surface area contributed by atoms with E-state index in [1.54, 1.807) is 0 Å². The molecule has 0 aromatic carbocycles. The van der Waals surface area contributed by atoms with Gasteiger partial charge in [0.15, 0.2) is 6.10 Å². The summed E-state index contributed by atoms with van der Waals surface area (Å²) in [6, 6.07) is 0. The van der Waals surface area contributed by atoms with Gasteiger partial charge in [-0.15, -0.1) is 0 Å². The third kappa shape index (κ3) is 1.66.